The lowest BCUT2D eigenvalue weighted by Crippen LogP contribution is -2.53. The number of ether oxygens (including phenoxy) is 1. The summed E-state index contributed by atoms with van der Waals surface area (Å²) in [6, 6.07) is 11.9. The van der Waals surface area contributed by atoms with Gasteiger partial charge in [0.05, 0.1) is 11.6 Å². The first-order valence-electron chi connectivity index (χ1n) is 10.8. The number of esters is 1. The maximum Gasteiger partial charge on any atom is 0.491 e. The van der Waals surface area contributed by atoms with Gasteiger partial charge in [-0.25, -0.2) is 9.59 Å². The van der Waals surface area contributed by atoms with Crippen molar-refractivity contribution in [3.63, 3.8) is 0 Å². The minimum atomic E-state index is -5.40. The van der Waals surface area contributed by atoms with Gasteiger partial charge in [-0.15, -0.1) is 5.48 Å². The van der Waals surface area contributed by atoms with Crippen molar-refractivity contribution < 1.29 is 50.3 Å². The number of amides is 1. The lowest BCUT2D eigenvalue weighted by Gasteiger charge is -2.24. The van der Waals surface area contributed by atoms with Gasteiger partial charge in [-0.05, 0) is 36.6 Å². The van der Waals surface area contributed by atoms with Gasteiger partial charge in [0.15, 0.2) is 0 Å². The quantitative estimate of drug-likeness (QED) is 0.135. The molecule has 8 nitrogen and oxygen atoms in total. The average molecular weight is 547 g/mol. The van der Waals surface area contributed by atoms with Crippen LogP contribution in [0.4, 0.5) is 32.0 Å². The van der Waals surface area contributed by atoms with E-state index in [1.165, 1.54) is 12.1 Å². The van der Waals surface area contributed by atoms with E-state index in [1.54, 1.807) is 30.3 Å². The Hall–Kier alpha value is -3.91. The van der Waals surface area contributed by atoms with Crippen molar-refractivity contribution in [1.82, 2.24) is 5.48 Å². The van der Waals surface area contributed by atoms with E-state index in [0.29, 0.717) is 13.3 Å². The zero-order chi connectivity index (χ0) is 28.6. The lowest BCUT2D eigenvalue weighted by atomic mass is 10.1. The van der Waals surface area contributed by atoms with E-state index >= 15 is 0 Å². The van der Waals surface area contributed by atoms with E-state index in [4.69, 9.17) is 10.6 Å². The maximum atomic E-state index is 12.9. The van der Waals surface area contributed by atoms with Crippen LogP contribution in [0, 0.1) is 0 Å². The van der Waals surface area contributed by atoms with Crippen LogP contribution in [-0.2, 0) is 36.6 Å². The molecule has 2 aromatic carbocycles. The summed E-state index contributed by atoms with van der Waals surface area (Å²) in [6.45, 7) is 0.679. The molecule has 0 aliphatic heterocycles. The molecule has 14 heteroatoms. The summed E-state index contributed by atoms with van der Waals surface area (Å²) in [7, 11) is 0. The van der Waals surface area contributed by atoms with Crippen LogP contribution in [0.2, 0.25) is 0 Å². The molecule has 0 spiro atoms. The Morgan fingerprint density at radius 2 is 1.63 bits per heavy atom. The van der Waals surface area contributed by atoms with Gasteiger partial charge in [-0.1, -0.05) is 42.5 Å². The van der Waals surface area contributed by atoms with Gasteiger partial charge >= 0.3 is 24.3 Å². The number of benzene rings is 2. The van der Waals surface area contributed by atoms with Crippen LogP contribution in [0.15, 0.2) is 66.7 Å². The van der Waals surface area contributed by atoms with E-state index in [2.05, 4.69) is 15.5 Å². The molecular weight excluding hydrogens is 524 g/mol. The van der Waals surface area contributed by atoms with Crippen molar-refractivity contribution in [3.8, 4) is 0 Å². The van der Waals surface area contributed by atoms with E-state index < -0.39 is 47.5 Å². The molecule has 0 fully saturated rings. The molecule has 0 aliphatic rings. The number of carbonyl (C=O) groups is 3. The highest BCUT2D eigenvalue weighted by Crippen LogP contribution is 2.30. The minimum Gasteiger partial charge on any atom is -0.426 e. The topological polar surface area (TPSA) is 120 Å². The fourth-order valence-electron chi connectivity index (χ4n) is 2.84. The molecule has 0 radical (unpaired) electrons. The predicted octanol–water partition coefficient (Wildman–Crippen LogP) is 4.03. The van der Waals surface area contributed by atoms with Gasteiger partial charge in [0.25, 0.3) is 5.72 Å². The zero-order valence-electron chi connectivity index (χ0n) is 19.7. The lowest BCUT2D eigenvalue weighted by molar-refractivity contribution is -0.219. The SMILES string of the molecule is C[C@](N)(OC(=O)C(F)(F)F)C(=O)ON[C@H](/C=C/C(=O)Nc1cccc(C(F)(F)F)c1)CCc1ccccc1. The van der Waals surface area contributed by atoms with Crippen LogP contribution >= 0.6 is 0 Å². The smallest absolute Gasteiger partial charge is 0.426 e. The molecule has 0 bridgehead atoms. The van der Waals surface area contributed by atoms with Crippen molar-refractivity contribution >= 4 is 23.5 Å². The maximum absolute atomic E-state index is 12.9. The molecule has 2 rings (SSSR count). The third-order valence-corrected chi connectivity index (χ3v) is 4.77. The molecule has 2 aromatic rings. The van der Waals surface area contributed by atoms with Crippen LogP contribution in [0.5, 0.6) is 0 Å². The number of aryl methyl sites for hydroxylation is 1. The molecule has 206 valence electrons. The summed E-state index contributed by atoms with van der Waals surface area (Å²) >= 11 is 0. The van der Waals surface area contributed by atoms with Crippen LogP contribution < -0.4 is 16.5 Å². The third-order valence-electron chi connectivity index (χ3n) is 4.77. The van der Waals surface area contributed by atoms with Gasteiger partial charge in [0.2, 0.25) is 5.91 Å². The summed E-state index contributed by atoms with van der Waals surface area (Å²) in [6.07, 6.45) is -7.26. The van der Waals surface area contributed by atoms with Crippen LogP contribution in [-0.4, -0.2) is 35.8 Å². The van der Waals surface area contributed by atoms with Crippen molar-refractivity contribution in [2.45, 2.75) is 43.9 Å². The fraction of sp³-hybridized carbons (Fsp3) is 0.292. The van der Waals surface area contributed by atoms with E-state index in [-0.39, 0.29) is 12.1 Å². The molecule has 0 heterocycles. The van der Waals surface area contributed by atoms with E-state index in [9.17, 15) is 40.7 Å². The first-order valence-corrected chi connectivity index (χ1v) is 10.8. The van der Waals surface area contributed by atoms with Gasteiger partial charge in [0.1, 0.15) is 0 Å². The number of hydrogen-bond donors (Lipinski definition) is 3. The van der Waals surface area contributed by atoms with Gasteiger partial charge in [-0.2, -0.15) is 26.3 Å². The van der Waals surface area contributed by atoms with Crippen molar-refractivity contribution in [3.05, 3.63) is 77.9 Å². The highest BCUT2D eigenvalue weighted by molar-refractivity contribution is 5.99. The number of rotatable bonds is 10. The number of nitrogens with one attached hydrogen (secondary N) is 2. The number of nitrogens with two attached hydrogens (primary N) is 1. The Morgan fingerprint density at radius 3 is 2.24 bits per heavy atom. The molecule has 0 saturated carbocycles. The molecular formula is C24H23F6N3O5. The summed E-state index contributed by atoms with van der Waals surface area (Å²) < 4.78 is 79.9. The van der Waals surface area contributed by atoms with Crippen LogP contribution in [0.25, 0.3) is 0 Å². The zero-order valence-corrected chi connectivity index (χ0v) is 19.7. The Labute approximate surface area is 212 Å². The average Bonchev–Trinajstić information content (AvgIpc) is 2.82. The molecule has 0 aliphatic carbocycles. The number of alkyl halides is 6. The summed E-state index contributed by atoms with van der Waals surface area (Å²) in [5, 5.41) is 2.26. The number of carbonyl (C=O) groups excluding carboxylic acids is 3. The van der Waals surface area contributed by atoms with E-state index in [1.807, 2.05) is 0 Å². The molecule has 2 atom stereocenters. The Kier molecular flexibility index (Phi) is 10.0. The summed E-state index contributed by atoms with van der Waals surface area (Å²) in [5.74, 6) is -5.09. The summed E-state index contributed by atoms with van der Waals surface area (Å²) in [4.78, 5) is 40.1. The van der Waals surface area contributed by atoms with Gasteiger partial charge in [-0.3, -0.25) is 10.5 Å². The number of anilines is 1. The molecule has 1 amide bonds. The van der Waals surface area contributed by atoms with Crippen molar-refractivity contribution in [2.24, 2.45) is 5.73 Å². The van der Waals surface area contributed by atoms with Gasteiger partial charge < -0.3 is 14.9 Å². The summed E-state index contributed by atoms with van der Waals surface area (Å²) in [5.41, 5.74) is 4.55. The predicted molar refractivity (Wildman–Crippen MR) is 122 cm³/mol. The number of halogens is 6. The van der Waals surface area contributed by atoms with Gasteiger partial charge in [0, 0.05) is 18.7 Å². The molecule has 0 unspecified atom stereocenters. The molecule has 0 aromatic heterocycles. The first kappa shape index (κ1) is 30.3. The standard InChI is InChI=1S/C24H23F6N3O5/c1-22(31,37-21(36)24(28,29)30)20(35)38-33-17(11-10-15-6-3-2-4-7-15)12-13-19(34)32-18-9-5-8-16(14-18)23(25,26)27/h2-9,12-14,17,33H,10-11,31H2,1H3,(H,32,34)/b13-12+/t17-,22-/m0/s1. The Bertz CT molecular complexity index is 1150. The van der Waals surface area contributed by atoms with Crippen LogP contribution in [0.3, 0.4) is 0 Å². The van der Waals surface area contributed by atoms with Crippen LogP contribution in [0.1, 0.15) is 24.5 Å². The molecule has 38 heavy (non-hydrogen) atoms. The normalized spacial score (nSPS) is 14.4. The molecule has 4 N–H and O–H groups in total. The second-order valence-electron chi connectivity index (χ2n) is 8.06. The Balaban J connectivity index is 2.08. The fourth-order valence-corrected chi connectivity index (χ4v) is 2.84. The third kappa shape index (κ3) is 9.86. The minimum absolute atomic E-state index is 0.125. The first-order chi connectivity index (χ1) is 17.6. The largest absolute Gasteiger partial charge is 0.491 e. The second-order valence-corrected chi connectivity index (χ2v) is 8.06. The van der Waals surface area contributed by atoms with E-state index in [0.717, 1.165) is 29.8 Å². The highest BCUT2D eigenvalue weighted by atomic mass is 19.4. The Morgan fingerprint density at radius 1 is 0.974 bits per heavy atom. The monoisotopic (exact) mass is 547 g/mol. The number of hydrogen-bond acceptors (Lipinski definition) is 7. The van der Waals surface area contributed by atoms with Crippen molar-refractivity contribution in [1.29, 1.82) is 0 Å². The second kappa shape index (κ2) is 12.6. The molecule has 0 saturated heterocycles. The highest BCUT2D eigenvalue weighted by Gasteiger charge is 2.47. The van der Waals surface area contributed by atoms with Crippen molar-refractivity contribution in [2.75, 3.05) is 5.32 Å². The number of hydroxylamine groups is 1.